The summed E-state index contributed by atoms with van der Waals surface area (Å²) in [5.74, 6) is -0.945. The van der Waals surface area contributed by atoms with E-state index < -0.39 is 12.0 Å². The van der Waals surface area contributed by atoms with E-state index in [0.29, 0.717) is 26.1 Å². The third kappa shape index (κ3) is 7.81. The minimum atomic E-state index is -0.774. The van der Waals surface area contributed by atoms with Crippen LogP contribution in [0.5, 0.6) is 0 Å². The molecule has 1 aliphatic rings. The number of rotatable bonds is 9. The van der Waals surface area contributed by atoms with E-state index in [1.54, 1.807) is 4.90 Å². The third-order valence-corrected chi connectivity index (χ3v) is 5.03. The first-order valence-electron chi connectivity index (χ1n) is 10.1. The molecule has 1 heterocycles. The van der Waals surface area contributed by atoms with Crippen LogP contribution < -0.4 is 10.6 Å². The molecule has 7 nitrogen and oxygen atoms in total. The van der Waals surface area contributed by atoms with Gasteiger partial charge in [-0.1, -0.05) is 50.1 Å². The summed E-state index contributed by atoms with van der Waals surface area (Å²) >= 11 is 5.35. The molecule has 1 unspecified atom stereocenters. The Morgan fingerprint density at radius 1 is 1.28 bits per heavy atom. The maximum absolute atomic E-state index is 12.3. The molecule has 0 saturated carbocycles. The zero-order chi connectivity index (χ0) is 21.1. The van der Waals surface area contributed by atoms with E-state index >= 15 is 0 Å². The molecule has 2 amide bonds. The number of esters is 1. The van der Waals surface area contributed by atoms with Gasteiger partial charge in [-0.3, -0.25) is 14.4 Å². The van der Waals surface area contributed by atoms with Gasteiger partial charge in [-0.05, 0) is 30.6 Å². The Morgan fingerprint density at radius 3 is 2.76 bits per heavy atom. The van der Waals surface area contributed by atoms with Crippen LogP contribution in [0.2, 0.25) is 0 Å². The highest BCUT2D eigenvalue weighted by atomic mass is 32.1. The Morgan fingerprint density at radius 2 is 2.03 bits per heavy atom. The average Bonchev–Trinajstić information content (AvgIpc) is 2.72. The van der Waals surface area contributed by atoms with Gasteiger partial charge in [0.2, 0.25) is 11.8 Å². The summed E-state index contributed by atoms with van der Waals surface area (Å²) in [4.78, 5) is 38.3. The molecule has 0 bridgehead atoms. The molecule has 1 aliphatic heterocycles. The zero-order valence-corrected chi connectivity index (χ0v) is 17.6. The molecule has 2 rings (SSSR count). The van der Waals surface area contributed by atoms with Crippen LogP contribution >= 0.6 is 12.2 Å². The number of hydrogen-bond donors (Lipinski definition) is 2. The fourth-order valence-electron chi connectivity index (χ4n) is 3.07. The Bertz CT molecular complexity index is 711. The van der Waals surface area contributed by atoms with Crippen molar-refractivity contribution in [2.75, 3.05) is 19.7 Å². The lowest BCUT2D eigenvalue weighted by molar-refractivity contribution is -0.147. The first-order chi connectivity index (χ1) is 14.0. The Kier molecular flexibility index (Phi) is 9.56. The van der Waals surface area contributed by atoms with E-state index in [9.17, 15) is 14.4 Å². The molecule has 29 heavy (non-hydrogen) atoms. The van der Waals surface area contributed by atoms with Crippen LogP contribution in [-0.2, 0) is 25.5 Å². The number of nitrogens with one attached hydrogen (secondary N) is 2. The summed E-state index contributed by atoms with van der Waals surface area (Å²) < 4.78 is 5.22. The van der Waals surface area contributed by atoms with Gasteiger partial charge >= 0.3 is 5.97 Å². The molecule has 1 aromatic carbocycles. The highest BCUT2D eigenvalue weighted by molar-refractivity contribution is 7.80. The average molecular weight is 420 g/mol. The molecule has 1 fully saturated rings. The van der Waals surface area contributed by atoms with E-state index in [-0.39, 0.29) is 29.8 Å². The molecule has 8 heteroatoms. The van der Waals surface area contributed by atoms with Crippen LogP contribution in [0.25, 0.3) is 0 Å². The van der Waals surface area contributed by atoms with Crippen LogP contribution in [0.3, 0.4) is 0 Å². The Hall–Kier alpha value is -2.48. The number of piperazine rings is 1. The number of aryl methyl sites for hydroxylation is 1. The summed E-state index contributed by atoms with van der Waals surface area (Å²) in [7, 11) is 0. The number of carbonyl (C=O) groups excluding carboxylic acids is 3. The lowest BCUT2D eigenvalue weighted by atomic mass is 10.1. The second-order valence-electron chi connectivity index (χ2n) is 6.97. The van der Waals surface area contributed by atoms with Gasteiger partial charge in [-0.2, -0.15) is 0 Å². The molecule has 0 radical (unpaired) electrons. The molecule has 2 N–H and O–H groups in total. The molecule has 158 valence electrons. The maximum atomic E-state index is 12.3. The normalized spacial score (nSPS) is 16.1. The largest absolute Gasteiger partial charge is 0.466 e. The molecular weight excluding hydrogens is 390 g/mol. The molecule has 1 aromatic rings. The van der Waals surface area contributed by atoms with Gasteiger partial charge in [0, 0.05) is 19.5 Å². The summed E-state index contributed by atoms with van der Waals surface area (Å²) in [6.45, 7) is 3.25. The van der Waals surface area contributed by atoms with Crippen LogP contribution in [0.4, 0.5) is 0 Å². The van der Waals surface area contributed by atoms with Crippen LogP contribution in [0, 0.1) is 0 Å². The molecule has 1 saturated heterocycles. The van der Waals surface area contributed by atoms with Crippen molar-refractivity contribution in [2.45, 2.75) is 51.5 Å². The third-order valence-electron chi connectivity index (χ3n) is 4.69. The first-order valence-corrected chi connectivity index (χ1v) is 10.5. The number of thiocarbonyl (C=S) groups is 1. The molecule has 1 atom stereocenters. The van der Waals surface area contributed by atoms with Crippen LogP contribution in [0.1, 0.15) is 44.6 Å². The number of benzene rings is 1. The highest BCUT2D eigenvalue weighted by Crippen LogP contribution is 2.11. The summed E-state index contributed by atoms with van der Waals surface area (Å²) in [6.07, 6.45) is 3.62. The Labute approximate surface area is 177 Å². The molecular formula is C21H29N3O4S. The number of unbranched alkanes of at least 4 members (excludes halogenated alkanes) is 2. The van der Waals surface area contributed by atoms with Crippen LogP contribution in [0.15, 0.2) is 30.3 Å². The SMILES string of the molecule is CCCCCOC(=O)CC1C(=O)NCCN1C(=S)NC(=O)CCc1ccccc1. The summed E-state index contributed by atoms with van der Waals surface area (Å²) in [5.41, 5.74) is 1.06. The van der Waals surface area contributed by atoms with Crippen molar-refractivity contribution in [3.05, 3.63) is 35.9 Å². The molecule has 0 spiro atoms. The van der Waals surface area contributed by atoms with Gasteiger partial charge in [0.1, 0.15) is 6.04 Å². The number of amides is 2. The minimum absolute atomic E-state index is 0.0992. The smallest absolute Gasteiger partial charge is 0.308 e. The second-order valence-corrected chi connectivity index (χ2v) is 7.36. The fraction of sp³-hybridized carbons (Fsp3) is 0.524. The van der Waals surface area contributed by atoms with Crippen LogP contribution in [-0.4, -0.2) is 53.5 Å². The van der Waals surface area contributed by atoms with Gasteiger partial charge < -0.3 is 20.3 Å². The first kappa shape index (κ1) is 22.8. The number of hydrogen-bond acceptors (Lipinski definition) is 5. The van der Waals surface area contributed by atoms with E-state index in [1.165, 1.54) is 0 Å². The molecule has 0 aromatic heterocycles. The number of nitrogens with zero attached hydrogens (tertiary/aromatic N) is 1. The monoisotopic (exact) mass is 419 g/mol. The van der Waals surface area contributed by atoms with Crippen molar-refractivity contribution in [1.29, 1.82) is 0 Å². The summed E-state index contributed by atoms with van der Waals surface area (Å²) in [5, 5.41) is 5.60. The standard InChI is InChI=1S/C21H29N3O4S/c1-2-3-7-14-28-19(26)15-17-20(27)22-12-13-24(17)21(29)23-18(25)11-10-16-8-5-4-6-9-16/h4-6,8-9,17H,2-3,7,10-15H2,1H3,(H,22,27)(H,23,25,29). The van der Waals surface area contributed by atoms with Gasteiger partial charge in [0.15, 0.2) is 5.11 Å². The number of ether oxygens (including phenoxy) is 1. The van der Waals surface area contributed by atoms with Crippen molar-refractivity contribution < 1.29 is 19.1 Å². The predicted octanol–water partition coefficient (Wildman–Crippen LogP) is 1.94. The predicted molar refractivity (Wildman–Crippen MR) is 114 cm³/mol. The summed E-state index contributed by atoms with van der Waals surface area (Å²) in [6, 6.07) is 8.93. The van der Waals surface area contributed by atoms with Crippen molar-refractivity contribution in [3.63, 3.8) is 0 Å². The lowest BCUT2D eigenvalue weighted by Crippen LogP contribution is -2.60. The van der Waals surface area contributed by atoms with E-state index in [1.807, 2.05) is 30.3 Å². The van der Waals surface area contributed by atoms with Crippen molar-refractivity contribution >= 4 is 35.1 Å². The maximum Gasteiger partial charge on any atom is 0.308 e. The van der Waals surface area contributed by atoms with Crippen molar-refractivity contribution in [2.24, 2.45) is 0 Å². The van der Waals surface area contributed by atoms with Gasteiger partial charge in [-0.15, -0.1) is 0 Å². The van der Waals surface area contributed by atoms with Crippen molar-refractivity contribution in [1.82, 2.24) is 15.5 Å². The highest BCUT2D eigenvalue weighted by Gasteiger charge is 2.34. The van der Waals surface area contributed by atoms with Crippen molar-refractivity contribution in [3.8, 4) is 0 Å². The van der Waals surface area contributed by atoms with Gasteiger partial charge in [0.25, 0.3) is 0 Å². The quantitative estimate of drug-likeness (QED) is 0.361. The fourth-order valence-corrected chi connectivity index (χ4v) is 3.40. The minimum Gasteiger partial charge on any atom is -0.466 e. The van der Waals surface area contributed by atoms with Gasteiger partial charge in [-0.25, -0.2) is 0 Å². The topological polar surface area (TPSA) is 87.7 Å². The number of carbonyl (C=O) groups is 3. The zero-order valence-electron chi connectivity index (χ0n) is 16.8. The van der Waals surface area contributed by atoms with E-state index in [2.05, 4.69) is 17.6 Å². The molecule has 0 aliphatic carbocycles. The lowest BCUT2D eigenvalue weighted by Gasteiger charge is -2.36. The van der Waals surface area contributed by atoms with E-state index in [4.69, 9.17) is 17.0 Å². The Balaban J connectivity index is 1.85. The van der Waals surface area contributed by atoms with E-state index in [0.717, 1.165) is 24.8 Å². The van der Waals surface area contributed by atoms with Gasteiger partial charge in [0.05, 0.1) is 13.0 Å². The second kappa shape index (κ2) is 12.2.